The molecule has 0 aliphatic rings. The molecule has 2 aromatic heterocycles. The predicted molar refractivity (Wildman–Crippen MR) is 104 cm³/mol. The molecular formula is C18H16ClN5OS. The van der Waals surface area contributed by atoms with Crippen molar-refractivity contribution in [3.05, 3.63) is 70.1 Å². The lowest BCUT2D eigenvalue weighted by atomic mass is 10.0. The minimum absolute atomic E-state index is 0.0273. The van der Waals surface area contributed by atoms with Gasteiger partial charge in [0.2, 0.25) is 5.89 Å². The second kappa shape index (κ2) is 7.31. The predicted octanol–water partition coefficient (Wildman–Crippen LogP) is 4.70. The molecule has 1 atom stereocenters. The van der Waals surface area contributed by atoms with Gasteiger partial charge in [-0.1, -0.05) is 23.7 Å². The van der Waals surface area contributed by atoms with Crippen molar-refractivity contribution in [3.8, 4) is 0 Å². The first-order valence-corrected chi connectivity index (χ1v) is 8.94. The lowest BCUT2D eigenvalue weighted by Crippen LogP contribution is -2.16. The number of H-pyrrole nitrogens is 2. The van der Waals surface area contributed by atoms with Gasteiger partial charge in [-0.2, -0.15) is 0 Å². The maximum Gasteiger partial charge on any atom is 0.284 e. The molecule has 1 unspecified atom stereocenters. The van der Waals surface area contributed by atoms with Crippen molar-refractivity contribution >= 4 is 40.5 Å². The monoisotopic (exact) mass is 385 g/mol. The van der Waals surface area contributed by atoms with Gasteiger partial charge in [0.1, 0.15) is 5.82 Å². The summed E-state index contributed by atoms with van der Waals surface area (Å²) in [7, 11) is 0. The SMILES string of the molecule is S=c1[nH]nc(CC(CNc2ccc(Cl)cc2)c2nc3ccccc3[nH]2)o1. The fourth-order valence-electron chi connectivity index (χ4n) is 2.80. The summed E-state index contributed by atoms with van der Waals surface area (Å²) in [5.74, 6) is 1.45. The molecule has 4 aromatic rings. The molecule has 0 aliphatic heterocycles. The van der Waals surface area contributed by atoms with E-state index >= 15 is 0 Å². The maximum absolute atomic E-state index is 5.95. The standard InChI is InChI=1S/C18H16ClN5OS/c19-12-5-7-13(8-6-12)20-10-11(9-16-23-24-18(26)25-16)17-21-14-3-1-2-4-15(14)22-17/h1-8,11,20H,9-10H2,(H,21,22)(H,24,26). The van der Waals surface area contributed by atoms with Crippen LogP contribution >= 0.6 is 23.8 Å². The van der Waals surface area contributed by atoms with Crippen LogP contribution in [0.4, 0.5) is 5.69 Å². The van der Waals surface area contributed by atoms with Crippen LogP contribution in [-0.4, -0.2) is 26.7 Å². The van der Waals surface area contributed by atoms with E-state index in [-0.39, 0.29) is 10.8 Å². The number of para-hydroxylation sites is 2. The van der Waals surface area contributed by atoms with Crippen LogP contribution < -0.4 is 5.32 Å². The number of hydrogen-bond acceptors (Lipinski definition) is 5. The van der Waals surface area contributed by atoms with E-state index in [2.05, 4.69) is 20.5 Å². The van der Waals surface area contributed by atoms with Gasteiger partial charge in [0.15, 0.2) is 0 Å². The van der Waals surface area contributed by atoms with Gasteiger partial charge in [0.25, 0.3) is 4.84 Å². The van der Waals surface area contributed by atoms with Crippen molar-refractivity contribution < 1.29 is 4.42 Å². The Morgan fingerprint density at radius 2 is 1.96 bits per heavy atom. The van der Waals surface area contributed by atoms with Crippen LogP contribution in [0.3, 0.4) is 0 Å². The van der Waals surface area contributed by atoms with Gasteiger partial charge in [0.05, 0.1) is 11.0 Å². The van der Waals surface area contributed by atoms with Crippen LogP contribution in [-0.2, 0) is 6.42 Å². The number of aromatic nitrogens is 4. The van der Waals surface area contributed by atoms with E-state index in [0.29, 0.717) is 23.9 Å². The Morgan fingerprint density at radius 1 is 1.15 bits per heavy atom. The lowest BCUT2D eigenvalue weighted by molar-refractivity contribution is 0.459. The smallest absolute Gasteiger partial charge is 0.284 e. The molecule has 0 fully saturated rings. The Hall–Kier alpha value is -2.64. The van der Waals surface area contributed by atoms with E-state index in [9.17, 15) is 0 Å². The second-order valence-electron chi connectivity index (χ2n) is 5.93. The Kier molecular flexibility index (Phi) is 4.73. The fourth-order valence-corrected chi connectivity index (χ4v) is 3.07. The Labute approximate surface area is 159 Å². The summed E-state index contributed by atoms with van der Waals surface area (Å²) in [5, 5.41) is 10.9. The highest BCUT2D eigenvalue weighted by Crippen LogP contribution is 2.22. The van der Waals surface area contributed by atoms with Crippen LogP contribution in [0.1, 0.15) is 17.6 Å². The number of imidazole rings is 1. The first kappa shape index (κ1) is 16.8. The number of rotatable bonds is 6. The van der Waals surface area contributed by atoms with Crippen molar-refractivity contribution in [2.24, 2.45) is 0 Å². The van der Waals surface area contributed by atoms with Crippen molar-refractivity contribution in [1.82, 2.24) is 20.2 Å². The number of anilines is 1. The molecule has 0 saturated heterocycles. The minimum Gasteiger partial charge on any atom is -0.414 e. The van der Waals surface area contributed by atoms with Gasteiger partial charge in [-0.15, -0.1) is 5.10 Å². The average Bonchev–Trinajstić information content (AvgIpc) is 3.25. The molecule has 0 amide bonds. The Balaban J connectivity index is 1.59. The largest absolute Gasteiger partial charge is 0.414 e. The molecule has 0 spiro atoms. The summed E-state index contributed by atoms with van der Waals surface area (Å²) in [6.07, 6.45) is 0.563. The number of hydrogen-bond donors (Lipinski definition) is 3. The van der Waals surface area contributed by atoms with Gasteiger partial charge in [0, 0.05) is 29.6 Å². The Bertz CT molecular complexity index is 1040. The fraction of sp³-hybridized carbons (Fsp3) is 0.167. The number of halogens is 1. The average molecular weight is 386 g/mol. The minimum atomic E-state index is 0.0273. The van der Waals surface area contributed by atoms with Gasteiger partial charge in [-0.25, -0.2) is 10.1 Å². The Morgan fingerprint density at radius 3 is 2.69 bits per heavy atom. The molecule has 0 radical (unpaired) electrons. The van der Waals surface area contributed by atoms with Crippen molar-refractivity contribution in [3.63, 3.8) is 0 Å². The van der Waals surface area contributed by atoms with Gasteiger partial charge < -0.3 is 14.7 Å². The van der Waals surface area contributed by atoms with Crippen LogP contribution in [0.2, 0.25) is 5.02 Å². The topological polar surface area (TPSA) is 82.5 Å². The van der Waals surface area contributed by atoms with Crippen LogP contribution in [0.25, 0.3) is 11.0 Å². The number of benzene rings is 2. The summed E-state index contributed by atoms with van der Waals surface area (Å²) in [6, 6.07) is 15.5. The molecule has 2 heterocycles. The van der Waals surface area contributed by atoms with E-state index in [1.807, 2.05) is 48.5 Å². The number of aromatic amines is 2. The zero-order chi connectivity index (χ0) is 17.9. The molecule has 3 N–H and O–H groups in total. The summed E-state index contributed by atoms with van der Waals surface area (Å²) in [5.41, 5.74) is 2.92. The molecule has 8 heteroatoms. The third-order valence-electron chi connectivity index (χ3n) is 4.09. The van der Waals surface area contributed by atoms with E-state index < -0.39 is 0 Å². The number of nitrogens with one attached hydrogen (secondary N) is 3. The molecule has 26 heavy (non-hydrogen) atoms. The number of nitrogens with zero attached hydrogens (tertiary/aromatic N) is 2. The van der Waals surface area contributed by atoms with Crippen molar-refractivity contribution in [2.45, 2.75) is 12.3 Å². The normalized spacial score (nSPS) is 12.3. The highest BCUT2D eigenvalue weighted by Gasteiger charge is 2.19. The molecule has 0 bridgehead atoms. The molecule has 6 nitrogen and oxygen atoms in total. The third-order valence-corrected chi connectivity index (χ3v) is 4.52. The van der Waals surface area contributed by atoms with Crippen LogP contribution in [0, 0.1) is 4.84 Å². The van der Waals surface area contributed by atoms with E-state index in [0.717, 1.165) is 22.5 Å². The van der Waals surface area contributed by atoms with Crippen molar-refractivity contribution in [1.29, 1.82) is 0 Å². The summed E-state index contributed by atoms with van der Waals surface area (Å²) < 4.78 is 5.44. The first-order chi connectivity index (χ1) is 12.7. The zero-order valence-corrected chi connectivity index (χ0v) is 15.3. The van der Waals surface area contributed by atoms with Gasteiger partial charge >= 0.3 is 0 Å². The van der Waals surface area contributed by atoms with Crippen LogP contribution in [0.15, 0.2) is 52.9 Å². The van der Waals surface area contributed by atoms with E-state index in [4.69, 9.17) is 33.2 Å². The lowest BCUT2D eigenvalue weighted by Gasteiger charge is -2.15. The summed E-state index contributed by atoms with van der Waals surface area (Å²) in [4.78, 5) is 8.38. The van der Waals surface area contributed by atoms with Gasteiger partial charge in [-0.05, 0) is 48.6 Å². The summed E-state index contributed by atoms with van der Waals surface area (Å²) >= 11 is 10.9. The maximum atomic E-state index is 5.95. The second-order valence-corrected chi connectivity index (χ2v) is 6.74. The molecule has 2 aromatic carbocycles. The summed E-state index contributed by atoms with van der Waals surface area (Å²) in [6.45, 7) is 0.649. The first-order valence-electron chi connectivity index (χ1n) is 8.16. The number of fused-ring (bicyclic) bond motifs is 1. The molecule has 132 valence electrons. The quantitative estimate of drug-likeness (QED) is 0.419. The van der Waals surface area contributed by atoms with Crippen LogP contribution in [0.5, 0.6) is 0 Å². The molecular weight excluding hydrogens is 370 g/mol. The highest BCUT2D eigenvalue weighted by molar-refractivity contribution is 7.71. The van der Waals surface area contributed by atoms with E-state index in [1.54, 1.807) is 0 Å². The molecule has 4 rings (SSSR count). The van der Waals surface area contributed by atoms with Gasteiger partial charge in [-0.3, -0.25) is 0 Å². The van der Waals surface area contributed by atoms with Crippen molar-refractivity contribution in [2.75, 3.05) is 11.9 Å². The highest BCUT2D eigenvalue weighted by atomic mass is 35.5. The third kappa shape index (κ3) is 3.79. The molecule has 0 saturated carbocycles. The molecule has 0 aliphatic carbocycles. The van der Waals surface area contributed by atoms with E-state index in [1.165, 1.54) is 0 Å². The zero-order valence-electron chi connectivity index (χ0n) is 13.7.